The molecule has 0 spiro atoms. The molecule has 210 valence electrons. The predicted molar refractivity (Wildman–Crippen MR) is 147 cm³/mol. The molecule has 0 saturated carbocycles. The average Bonchev–Trinajstić information content (AvgIpc) is 3.44. The van der Waals surface area contributed by atoms with Crippen molar-refractivity contribution in [3.05, 3.63) is 130 Å². The first-order valence-electron chi connectivity index (χ1n) is 11.9. The van der Waals surface area contributed by atoms with Gasteiger partial charge in [-0.2, -0.15) is 13.2 Å². The van der Waals surface area contributed by atoms with E-state index in [1.54, 1.807) is 60.7 Å². The second-order valence-electron chi connectivity index (χ2n) is 9.01. The van der Waals surface area contributed by atoms with Gasteiger partial charge in [0, 0.05) is 17.5 Å². The summed E-state index contributed by atoms with van der Waals surface area (Å²) >= 11 is 11.5. The van der Waals surface area contributed by atoms with Crippen LogP contribution in [0.3, 0.4) is 0 Å². The van der Waals surface area contributed by atoms with E-state index in [1.165, 1.54) is 24.3 Å². The smallest absolute Gasteiger partial charge is 0.374 e. The van der Waals surface area contributed by atoms with Crippen LogP contribution in [0.15, 0.2) is 116 Å². The first kappa shape index (κ1) is 28.8. The number of rotatable bonds is 5. The minimum atomic E-state index is -4.97. The number of halogens is 6. The van der Waals surface area contributed by atoms with Crippen LogP contribution in [0.2, 0.25) is 10.0 Å². The maximum Gasteiger partial charge on any atom is 0.435 e. The Kier molecular flexibility index (Phi) is 7.67. The van der Waals surface area contributed by atoms with E-state index >= 15 is 0 Å². The third-order valence-corrected chi connectivity index (χ3v) is 9.23. The van der Waals surface area contributed by atoms with Crippen molar-refractivity contribution < 1.29 is 31.4 Å². The van der Waals surface area contributed by atoms with E-state index in [0.29, 0.717) is 9.79 Å². The van der Waals surface area contributed by atoms with Crippen molar-refractivity contribution in [3.8, 4) is 0 Å². The van der Waals surface area contributed by atoms with Crippen LogP contribution in [-0.2, 0) is 20.2 Å². The highest BCUT2D eigenvalue weighted by molar-refractivity contribution is 7.94. The molecule has 5 rings (SSSR count). The topological polar surface area (TPSA) is 68.1 Å². The predicted octanol–water partition coefficient (Wildman–Crippen LogP) is 8.44. The summed E-state index contributed by atoms with van der Waals surface area (Å²) in [4.78, 5) is 18.8. The zero-order chi connectivity index (χ0) is 29.4. The number of alkyl halides is 3. The summed E-state index contributed by atoms with van der Waals surface area (Å²) in [7, 11) is -3.33. The van der Waals surface area contributed by atoms with Crippen LogP contribution in [-0.4, -0.2) is 22.0 Å². The van der Waals surface area contributed by atoms with E-state index in [9.17, 15) is 26.6 Å². The number of hydrogen-bond donors (Lipinski definition) is 0. The molecule has 0 radical (unpaired) electrons. The summed E-state index contributed by atoms with van der Waals surface area (Å²) in [6.07, 6.45) is -5.73. The molecule has 0 aliphatic carbocycles. The molecule has 41 heavy (non-hydrogen) atoms. The van der Waals surface area contributed by atoms with Crippen LogP contribution < -0.4 is 0 Å². The maximum atomic E-state index is 14.3. The molecule has 1 amide bonds. The summed E-state index contributed by atoms with van der Waals surface area (Å²) in [5, 5.41) is 2.47. The van der Waals surface area contributed by atoms with E-state index in [4.69, 9.17) is 28.0 Å². The van der Waals surface area contributed by atoms with Gasteiger partial charge >= 0.3 is 6.18 Å². The summed E-state index contributed by atoms with van der Waals surface area (Å²) in [6.45, 7) is 0. The van der Waals surface area contributed by atoms with Crippen molar-refractivity contribution in [3.63, 3.8) is 0 Å². The maximum absolute atomic E-state index is 14.3. The Hall–Kier alpha value is -3.73. The largest absolute Gasteiger partial charge is 0.435 e. The monoisotopic (exact) mass is 620 g/mol. The molecule has 0 fully saturated rings. The molecule has 1 heterocycles. The van der Waals surface area contributed by atoms with Gasteiger partial charge in [-0.3, -0.25) is 4.79 Å². The lowest BCUT2D eigenvalue weighted by molar-refractivity contribution is -0.275. The second-order valence-corrected chi connectivity index (χ2v) is 12.0. The Morgan fingerprint density at radius 2 is 1.39 bits per heavy atom. The van der Waals surface area contributed by atoms with Crippen LogP contribution >= 0.6 is 23.2 Å². The number of benzene rings is 4. The second kappa shape index (κ2) is 10.9. The fourth-order valence-electron chi connectivity index (χ4n) is 4.27. The van der Waals surface area contributed by atoms with Gasteiger partial charge in [0.25, 0.3) is 11.5 Å². The molecule has 5 nitrogen and oxygen atoms in total. The number of hydrogen-bond acceptors (Lipinski definition) is 4. The molecule has 0 bridgehead atoms. The first-order chi connectivity index (χ1) is 19.4. The highest BCUT2D eigenvalue weighted by atomic mass is 35.5. The fourth-order valence-corrected chi connectivity index (χ4v) is 6.63. The normalized spacial score (nSPS) is 17.1. The molecule has 1 atom stereocenters. The molecule has 1 aliphatic heterocycles. The van der Waals surface area contributed by atoms with Crippen molar-refractivity contribution in [1.29, 1.82) is 0 Å². The van der Waals surface area contributed by atoms with Gasteiger partial charge in [0.1, 0.15) is 9.73 Å². The number of carbonyl (C=O) groups is 1. The first-order valence-corrected chi connectivity index (χ1v) is 14.2. The number of nitrogens with zero attached hydrogens (tertiary/aromatic N) is 2. The molecule has 4 aromatic rings. The average molecular weight is 621 g/mol. The molecular weight excluding hydrogens is 603 g/mol. The SMILES string of the molecule is O=C(N=S(=O)(c1ccccc1)c1ccccc1)c1ccc(C2=NOC(c3cc(Cl)c(F)c(Cl)c3)(C(F)(F)F)C2)cc1. The Balaban J connectivity index is 1.46. The lowest BCUT2D eigenvalue weighted by Crippen LogP contribution is -2.42. The van der Waals surface area contributed by atoms with Crippen molar-refractivity contribution in [2.24, 2.45) is 9.52 Å². The van der Waals surface area contributed by atoms with E-state index in [2.05, 4.69) is 9.52 Å². The molecule has 12 heteroatoms. The van der Waals surface area contributed by atoms with Crippen LogP contribution in [0.25, 0.3) is 0 Å². The molecular formula is C29H18Cl2F4N2O3S. The standard InChI is InChI=1S/C29H18Cl2F4N2O3S/c30-23-15-20(16-24(31)26(23)32)28(29(33,34)35)17-25(36-40-28)18-11-13-19(14-12-18)27(38)37-41(39,21-7-3-1-4-8-21)22-9-5-2-6-10-22/h1-16H,17H2. The van der Waals surface area contributed by atoms with Gasteiger partial charge in [-0.05, 0) is 54.1 Å². The summed E-state index contributed by atoms with van der Waals surface area (Å²) in [6, 6.07) is 23.8. The van der Waals surface area contributed by atoms with E-state index in [0.717, 1.165) is 12.1 Å². The van der Waals surface area contributed by atoms with Crippen LogP contribution in [0.1, 0.15) is 27.9 Å². The van der Waals surface area contributed by atoms with Gasteiger partial charge in [-0.15, -0.1) is 4.36 Å². The van der Waals surface area contributed by atoms with Gasteiger partial charge in [0.15, 0.2) is 5.82 Å². The Bertz CT molecular complexity index is 1710. The molecule has 0 saturated heterocycles. The summed E-state index contributed by atoms with van der Waals surface area (Å²) in [5.74, 6) is -1.83. The Morgan fingerprint density at radius 3 is 1.88 bits per heavy atom. The van der Waals surface area contributed by atoms with E-state index in [-0.39, 0.29) is 16.8 Å². The van der Waals surface area contributed by atoms with Crippen molar-refractivity contribution in [2.45, 2.75) is 28.0 Å². The lowest BCUT2D eigenvalue weighted by atomic mass is 9.86. The number of carbonyl (C=O) groups excluding carboxylic acids is 1. The van der Waals surface area contributed by atoms with Crippen molar-refractivity contribution >= 4 is 44.5 Å². The fraction of sp³-hybridized carbons (Fsp3) is 0.103. The molecule has 1 unspecified atom stereocenters. The van der Waals surface area contributed by atoms with Gasteiger partial charge in [-0.1, -0.05) is 76.9 Å². The summed E-state index contributed by atoms with van der Waals surface area (Å²) < 4.78 is 74.9. The van der Waals surface area contributed by atoms with Crippen LogP contribution in [0.5, 0.6) is 0 Å². The number of oxime groups is 1. The van der Waals surface area contributed by atoms with Crippen molar-refractivity contribution in [1.82, 2.24) is 0 Å². The van der Waals surface area contributed by atoms with Gasteiger partial charge < -0.3 is 4.84 Å². The molecule has 4 aromatic carbocycles. The minimum absolute atomic E-state index is 0.0621. The Labute approximate surface area is 242 Å². The van der Waals surface area contributed by atoms with Gasteiger partial charge in [-0.25, -0.2) is 8.60 Å². The third-order valence-electron chi connectivity index (χ3n) is 6.44. The van der Waals surface area contributed by atoms with Crippen molar-refractivity contribution in [2.75, 3.05) is 0 Å². The quantitative estimate of drug-likeness (QED) is 0.166. The Morgan fingerprint density at radius 1 is 0.878 bits per heavy atom. The molecule has 0 aromatic heterocycles. The minimum Gasteiger partial charge on any atom is -0.374 e. The van der Waals surface area contributed by atoms with E-state index < -0.39 is 55.3 Å². The van der Waals surface area contributed by atoms with Crippen LogP contribution in [0.4, 0.5) is 17.6 Å². The zero-order valence-corrected chi connectivity index (χ0v) is 23.1. The zero-order valence-electron chi connectivity index (χ0n) is 20.7. The van der Waals surface area contributed by atoms with E-state index in [1.807, 2.05) is 0 Å². The number of amides is 1. The van der Waals surface area contributed by atoms with Gasteiger partial charge in [0.2, 0.25) is 0 Å². The lowest BCUT2D eigenvalue weighted by Gasteiger charge is -2.29. The van der Waals surface area contributed by atoms with Crippen LogP contribution in [0, 0.1) is 5.82 Å². The molecule has 0 N–H and O–H groups in total. The highest BCUT2D eigenvalue weighted by Gasteiger charge is 2.62. The third kappa shape index (κ3) is 5.35. The molecule has 1 aliphatic rings. The summed E-state index contributed by atoms with van der Waals surface area (Å²) in [5.41, 5.74) is -3.25. The highest BCUT2D eigenvalue weighted by Crippen LogP contribution is 2.50. The van der Waals surface area contributed by atoms with Gasteiger partial charge in [0.05, 0.1) is 25.5 Å².